The molecule has 0 fully saturated rings. The zero-order valence-corrected chi connectivity index (χ0v) is 12.3. The van der Waals surface area contributed by atoms with Gasteiger partial charge in [0.2, 0.25) is 0 Å². The predicted octanol–water partition coefficient (Wildman–Crippen LogP) is 3.12. The van der Waals surface area contributed by atoms with Gasteiger partial charge in [-0.3, -0.25) is 4.68 Å². The molecule has 1 aromatic heterocycles. The summed E-state index contributed by atoms with van der Waals surface area (Å²) in [4.78, 5) is 0. The lowest BCUT2D eigenvalue weighted by Crippen LogP contribution is -2.11. The SMILES string of the molecule is Cc1ccc(C(N)CCc2cnn(C)c2)cc1Br. The van der Waals surface area contributed by atoms with Crippen molar-refractivity contribution < 1.29 is 0 Å². The number of hydrogen-bond acceptors (Lipinski definition) is 2. The first-order valence-corrected chi connectivity index (χ1v) is 6.84. The standard InChI is InChI=1S/C14H18BrN3/c1-10-3-5-12(7-13(10)15)14(16)6-4-11-8-17-18(2)9-11/h3,5,7-9,14H,4,6,16H2,1-2H3. The third kappa shape index (κ3) is 3.21. The summed E-state index contributed by atoms with van der Waals surface area (Å²) in [6, 6.07) is 6.39. The van der Waals surface area contributed by atoms with Gasteiger partial charge >= 0.3 is 0 Å². The zero-order chi connectivity index (χ0) is 13.1. The van der Waals surface area contributed by atoms with Gasteiger partial charge in [-0.25, -0.2) is 0 Å². The number of benzene rings is 1. The summed E-state index contributed by atoms with van der Waals surface area (Å²) in [7, 11) is 1.93. The van der Waals surface area contributed by atoms with E-state index in [1.165, 1.54) is 16.7 Å². The van der Waals surface area contributed by atoms with E-state index in [1.807, 2.05) is 24.1 Å². The van der Waals surface area contributed by atoms with Gasteiger partial charge in [-0.2, -0.15) is 5.10 Å². The summed E-state index contributed by atoms with van der Waals surface area (Å²) in [6.45, 7) is 2.08. The Labute approximate surface area is 116 Å². The van der Waals surface area contributed by atoms with Crippen molar-refractivity contribution in [3.63, 3.8) is 0 Å². The molecule has 1 atom stereocenters. The first-order chi connectivity index (χ1) is 8.56. The Morgan fingerprint density at radius 1 is 1.44 bits per heavy atom. The lowest BCUT2D eigenvalue weighted by Gasteiger charge is -2.12. The van der Waals surface area contributed by atoms with E-state index in [2.05, 4.69) is 46.2 Å². The van der Waals surface area contributed by atoms with Gasteiger partial charge in [0.15, 0.2) is 0 Å². The Kier molecular flexibility index (Phi) is 4.19. The molecule has 0 saturated carbocycles. The van der Waals surface area contributed by atoms with Crippen molar-refractivity contribution in [3.8, 4) is 0 Å². The molecule has 4 heteroatoms. The van der Waals surface area contributed by atoms with Gasteiger partial charge in [-0.1, -0.05) is 28.1 Å². The number of hydrogen-bond donors (Lipinski definition) is 1. The fourth-order valence-electron chi connectivity index (χ4n) is 1.93. The van der Waals surface area contributed by atoms with Crippen molar-refractivity contribution >= 4 is 15.9 Å². The molecule has 2 rings (SSSR count). The van der Waals surface area contributed by atoms with Crippen molar-refractivity contribution in [2.45, 2.75) is 25.8 Å². The minimum absolute atomic E-state index is 0.0714. The molecule has 0 aliphatic carbocycles. The number of halogens is 1. The van der Waals surface area contributed by atoms with E-state index in [4.69, 9.17) is 5.73 Å². The number of nitrogens with two attached hydrogens (primary N) is 1. The van der Waals surface area contributed by atoms with Crippen LogP contribution in [0.3, 0.4) is 0 Å². The molecule has 0 aliphatic heterocycles. The van der Waals surface area contributed by atoms with Crippen LogP contribution >= 0.6 is 15.9 Å². The summed E-state index contributed by atoms with van der Waals surface area (Å²) < 4.78 is 2.94. The number of rotatable bonds is 4. The molecule has 96 valence electrons. The van der Waals surface area contributed by atoms with Crippen molar-refractivity contribution in [1.82, 2.24) is 9.78 Å². The van der Waals surface area contributed by atoms with Crippen LogP contribution in [0.25, 0.3) is 0 Å². The largest absolute Gasteiger partial charge is 0.324 e. The Bertz CT molecular complexity index is 534. The average molecular weight is 308 g/mol. The maximum Gasteiger partial charge on any atom is 0.0521 e. The molecule has 1 heterocycles. The van der Waals surface area contributed by atoms with Crippen LogP contribution in [-0.4, -0.2) is 9.78 Å². The molecule has 0 bridgehead atoms. The van der Waals surface area contributed by atoms with Crippen LogP contribution < -0.4 is 5.73 Å². The number of aryl methyl sites for hydroxylation is 3. The highest BCUT2D eigenvalue weighted by Gasteiger charge is 2.08. The van der Waals surface area contributed by atoms with Crippen molar-refractivity contribution in [1.29, 1.82) is 0 Å². The highest BCUT2D eigenvalue weighted by atomic mass is 79.9. The average Bonchev–Trinajstić information content (AvgIpc) is 2.75. The lowest BCUT2D eigenvalue weighted by atomic mass is 10.0. The maximum atomic E-state index is 6.22. The summed E-state index contributed by atoms with van der Waals surface area (Å²) in [5.41, 5.74) is 9.87. The molecule has 2 N–H and O–H groups in total. The molecule has 18 heavy (non-hydrogen) atoms. The Morgan fingerprint density at radius 3 is 2.83 bits per heavy atom. The molecular formula is C14H18BrN3. The van der Waals surface area contributed by atoms with Crippen LogP contribution in [0.1, 0.15) is 29.2 Å². The van der Waals surface area contributed by atoms with Crippen LogP contribution in [0.2, 0.25) is 0 Å². The molecule has 1 aromatic carbocycles. The molecular weight excluding hydrogens is 290 g/mol. The van der Waals surface area contributed by atoms with E-state index >= 15 is 0 Å². The first kappa shape index (κ1) is 13.3. The minimum atomic E-state index is 0.0714. The fraction of sp³-hybridized carbons (Fsp3) is 0.357. The van der Waals surface area contributed by atoms with Gasteiger partial charge in [-0.15, -0.1) is 0 Å². The van der Waals surface area contributed by atoms with Crippen molar-refractivity contribution in [2.24, 2.45) is 12.8 Å². The van der Waals surface area contributed by atoms with Crippen LogP contribution in [0.15, 0.2) is 35.1 Å². The monoisotopic (exact) mass is 307 g/mol. The second-order valence-electron chi connectivity index (χ2n) is 4.68. The molecule has 3 nitrogen and oxygen atoms in total. The fourth-order valence-corrected chi connectivity index (χ4v) is 2.33. The Hall–Kier alpha value is -1.13. The van der Waals surface area contributed by atoms with Gasteiger partial charge in [0, 0.05) is 23.8 Å². The van der Waals surface area contributed by atoms with E-state index < -0.39 is 0 Å². The smallest absolute Gasteiger partial charge is 0.0521 e. The third-order valence-electron chi connectivity index (χ3n) is 3.13. The molecule has 2 aromatic rings. The second kappa shape index (κ2) is 5.67. The lowest BCUT2D eigenvalue weighted by molar-refractivity contribution is 0.650. The maximum absolute atomic E-state index is 6.22. The van der Waals surface area contributed by atoms with Gasteiger partial charge in [0.1, 0.15) is 0 Å². The first-order valence-electron chi connectivity index (χ1n) is 6.05. The molecule has 0 saturated heterocycles. The number of nitrogens with zero attached hydrogens (tertiary/aromatic N) is 2. The third-order valence-corrected chi connectivity index (χ3v) is 3.98. The molecule has 0 radical (unpaired) electrons. The second-order valence-corrected chi connectivity index (χ2v) is 5.53. The van der Waals surface area contributed by atoms with E-state index in [-0.39, 0.29) is 6.04 Å². The normalized spacial score (nSPS) is 12.7. The van der Waals surface area contributed by atoms with Gasteiger partial charge in [-0.05, 0) is 42.5 Å². The van der Waals surface area contributed by atoms with Crippen LogP contribution in [0.4, 0.5) is 0 Å². The van der Waals surface area contributed by atoms with E-state index in [0.29, 0.717) is 0 Å². The van der Waals surface area contributed by atoms with Crippen LogP contribution in [-0.2, 0) is 13.5 Å². The summed E-state index contributed by atoms with van der Waals surface area (Å²) >= 11 is 3.54. The predicted molar refractivity (Wildman–Crippen MR) is 77.3 cm³/mol. The zero-order valence-electron chi connectivity index (χ0n) is 10.7. The Balaban J connectivity index is 1.99. The van der Waals surface area contributed by atoms with Crippen molar-refractivity contribution in [3.05, 3.63) is 51.8 Å². The molecule has 1 unspecified atom stereocenters. The number of aromatic nitrogens is 2. The molecule has 0 amide bonds. The summed E-state index contributed by atoms with van der Waals surface area (Å²) in [6.07, 6.45) is 5.83. The summed E-state index contributed by atoms with van der Waals surface area (Å²) in [5, 5.41) is 4.16. The van der Waals surface area contributed by atoms with Gasteiger partial charge in [0.25, 0.3) is 0 Å². The highest BCUT2D eigenvalue weighted by molar-refractivity contribution is 9.10. The minimum Gasteiger partial charge on any atom is -0.324 e. The Morgan fingerprint density at radius 2 is 2.22 bits per heavy atom. The topological polar surface area (TPSA) is 43.8 Å². The van der Waals surface area contributed by atoms with Crippen LogP contribution in [0, 0.1) is 6.92 Å². The van der Waals surface area contributed by atoms with E-state index in [9.17, 15) is 0 Å². The summed E-state index contributed by atoms with van der Waals surface area (Å²) in [5.74, 6) is 0. The van der Waals surface area contributed by atoms with E-state index in [1.54, 1.807) is 0 Å². The van der Waals surface area contributed by atoms with Gasteiger partial charge < -0.3 is 5.73 Å². The molecule has 0 spiro atoms. The molecule has 0 aliphatic rings. The van der Waals surface area contributed by atoms with Gasteiger partial charge in [0.05, 0.1) is 6.20 Å². The van der Waals surface area contributed by atoms with Crippen LogP contribution in [0.5, 0.6) is 0 Å². The van der Waals surface area contributed by atoms with Crippen molar-refractivity contribution in [2.75, 3.05) is 0 Å². The van der Waals surface area contributed by atoms with E-state index in [0.717, 1.165) is 17.3 Å². The highest BCUT2D eigenvalue weighted by Crippen LogP contribution is 2.23. The quantitative estimate of drug-likeness (QED) is 0.943.